The van der Waals surface area contributed by atoms with Gasteiger partial charge in [0.15, 0.2) is 0 Å². The summed E-state index contributed by atoms with van der Waals surface area (Å²) in [6.45, 7) is 7.16. The van der Waals surface area contributed by atoms with E-state index >= 15 is 0 Å². The highest BCUT2D eigenvalue weighted by molar-refractivity contribution is 5.24. The van der Waals surface area contributed by atoms with Gasteiger partial charge in [0.1, 0.15) is 5.76 Å². The monoisotopic (exact) mass is 124 g/mol. The van der Waals surface area contributed by atoms with E-state index in [0.717, 1.165) is 5.57 Å². The Labute approximate surface area is 56.0 Å². The summed E-state index contributed by atoms with van der Waals surface area (Å²) in [7, 11) is 0. The lowest BCUT2D eigenvalue weighted by molar-refractivity contribution is 0.428. The highest BCUT2D eigenvalue weighted by Crippen LogP contribution is 2.01. The molecule has 0 aromatic carbocycles. The predicted molar refractivity (Wildman–Crippen MR) is 40.3 cm³/mol. The van der Waals surface area contributed by atoms with Gasteiger partial charge in [0, 0.05) is 0 Å². The van der Waals surface area contributed by atoms with E-state index in [1.807, 2.05) is 26.0 Å². The van der Waals surface area contributed by atoms with Crippen LogP contribution in [0.4, 0.5) is 0 Å². The lowest BCUT2D eigenvalue weighted by Gasteiger charge is -1.92. The summed E-state index contributed by atoms with van der Waals surface area (Å²) in [5.41, 5.74) is 0.840. The van der Waals surface area contributed by atoms with E-state index in [0.29, 0.717) is 0 Å². The molecule has 0 aromatic rings. The zero-order valence-electron chi connectivity index (χ0n) is 5.89. The van der Waals surface area contributed by atoms with Crippen molar-refractivity contribution in [3.63, 3.8) is 0 Å². The van der Waals surface area contributed by atoms with Crippen molar-refractivity contribution in [2.75, 3.05) is 0 Å². The minimum atomic E-state index is 0.244. The molecule has 0 rings (SSSR count). The molecule has 0 unspecified atom stereocenters. The van der Waals surface area contributed by atoms with Crippen molar-refractivity contribution in [2.45, 2.75) is 13.8 Å². The molecule has 0 saturated heterocycles. The van der Waals surface area contributed by atoms with Crippen molar-refractivity contribution in [1.29, 1.82) is 0 Å². The summed E-state index contributed by atoms with van der Waals surface area (Å²) in [4.78, 5) is 0. The first-order valence-electron chi connectivity index (χ1n) is 2.87. The van der Waals surface area contributed by atoms with Crippen molar-refractivity contribution in [3.05, 3.63) is 36.1 Å². The SMILES string of the molecule is C=C/C(O)=C(C)\C=C/C. The molecular weight excluding hydrogens is 112 g/mol. The molecule has 0 aromatic heterocycles. The fourth-order valence-corrected chi connectivity index (χ4v) is 0.496. The largest absolute Gasteiger partial charge is 0.508 e. The summed E-state index contributed by atoms with van der Waals surface area (Å²) in [5, 5.41) is 8.97. The first-order valence-corrected chi connectivity index (χ1v) is 2.87. The summed E-state index contributed by atoms with van der Waals surface area (Å²) >= 11 is 0. The van der Waals surface area contributed by atoms with Crippen molar-refractivity contribution in [1.82, 2.24) is 0 Å². The van der Waals surface area contributed by atoms with Gasteiger partial charge in [-0.15, -0.1) is 0 Å². The molecule has 9 heavy (non-hydrogen) atoms. The van der Waals surface area contributed by atoms with Gasteiger partial charge in [-0.25, -0.2) is 0 Å². The molecule has 0 heterocycles. The van der Waals surface area contributed by atoms with Gasteiger partial charge in [-0.3, -0.25) is 0 Å². The number of rotatable bonds is 2. The van der Waals surface area contributed by atoms with E-state index in [1.165, 1.54) is 6.08 Å². The molecule has 1 nitrogen and oxygen atoms in total. The average Bonchev–Trinajstić information content (AvgIpc) is 1.87. The normalized spacial score (nSPS) is 13.6. The zero-order chi connectivity index (χ0) is 7.28. The van der Waals surface area contributed by atoms with E-state index < -0.39 is 0 Å². The molecule has 1 N–H and O–H groups in total. The maximum Gasteiger partial charge on any atom is 0.117 e. The van der Waals surface area contributed by atoms with Crippen molar-refractivity contribution < 1.29 is 5.11 Å². The van der Waals surface area contributed by atoms with Gasteiger partial charge < -0.3 is 5.11 Å². The summed E-state index contributed by atoms with van der Waals surface area (Å²) < 4.78 is 0. The summed E-state index contributed by atoms with van der Waals surface area (Å²) in [6.07, 6.45) is 5.13. The number of aliphatic hydroxyl groups is 1. The molecule has 0 bridgehead atoms. The van der Waals surface area contributed by atoms with Crippen LogP contribution >= 0.6 is 0 Å². The first kappa shape index (κ1) is 8.02. The standard InChI is InChI=1S/C8H12O/c1-4-6-7(3)8(9)5-2/h4-6,9H,2H2,1,3H3/b6-4-,8-7+. The first-order chi connectivity index (χ1) is 4.22. The fourth-order valence-electron chi connectivity index (χ4n) is 0.496. The minimum Gasteiger partial charge on any atom is -0.508 e. The highest BCUT2D eigenvalue weighted by atomic mass is 16.3. The van der Waals surface area contributed by atoms with Crippen molar-refractivity contribution in [2.24, 2.45) is 0 Å². The third-order valence-electron chi connectivity index (χ3n) is 1.01. The van der Waals surface area contributed by atoms with Crippen molar-refractivity contribution in [3.8, 4) is 0 Å². The van der Waals surface area contributed by atoms with E-state index in [2.05, 4.69) is 6.58 Å². The van der Waals surface area contributed by atoms with Crippen LogP contribution in [0.1, 0.15) is 13.8 Å². The van der Waals surface area contributed by atoms with Gasteiger partial charge in [0.2, 0.25) is 0 Å². The molecule has 0 fully saturated rings. The highest BCUT2D eigenvalue weighted by Gasteiger charge is 1.86. The molecule has 0 atom stereocenters. The number of allylic oxidation sites excluding steroid dienone is 4. The topological polar surface area (TPSA) is 20.2 Å². The van der Waals surface area contributed by atoms with Crippen LogP contribution in [0.2, 0.25) is 0 Å². The van der Waals surface area contributed by atoms with Crippen molar-refractivity contribution >= 4 is 0 Å². The van der Waals surface area contributed by atoms with Crippen LogP contribution < -0.4 is 0 Å². The Morgan fingerprint density at radius 3 is 2.44 bits per heavy atom. The Bertz CT molecular complexity index is 152. The second-order valence-electron chi connectivity index (χ2n) is 1.77. The molecule has 50 valence electrons. The van der Waals surface area contributed by atoms with Gasteiger partial charge >= 0.3 is 0 Å². The molecular formula is C8H12O. The number of hydrogen-bond donors (Lipinski definition) is 1. The van der Waals surface area contributed by atoms with Crippen LogP contribution in [0.15, 0.2) is 36.1 Å². The minimum absolute atomic E-state index is 0.244. The van der Waals surface area contributed by atoms with Gasteiger partial charge in [0.05, 0.1) is 0 Å². The number of aliphatic hydroxyl groups excluding tert-OH is 1. The lowest BCUT2D eigenvalue weighted by Crippen LogP contribution is -1.77. The Balaban J connectivity index is 4.27. The van der Waals surface area contributed by atoms with Crippen LogP contribution in [-0.4, -0.2) is 5.11 Å². The molecule has 0 amide bonds. The second kappa shape index (κ2) is 3.96. The lowest BCUT2D eigenvalue weighted by atomic mass is 10.2. The molecule has 0 aliphatic carbocycles. The van der Waals surface area contributed by atoms with E-state index in [-0.39, 0.29) is 5.76 Å². The molecule has 0 aliphatic heterocycles. The van der Waals surface area contributed by atoms with Crippen LogP contribution in [0, 0.1) is 0 Å². The number of hydrogen-bond acceptors (Lipinski definition) is 1. The van der Waals surface area contributed by atoms with Gasteiger partial charge in [0.25, 0.3) is 0 Å². The predicted octanol–water partition coefficient (Wildman–Crippen LogP) is 2.58. The molecule has 0 radical (unpaired) electrons. The van der Waals surface area contributed by atoms with Gasteiger partial charge in [-0.05, 0) is 25.5 Å². The van der Waals surface area contributed by atoms with Crippen LogP contribution in [0.25, 0.3) is 0 Å². The Morgan fingerprint density at radius 1 is 1.56 bits per heavy atom. The third-order valence-corrected chi connectivity index (χ3v) is 1.01. The maximum absolute atomic E-state index is 8.97. The molecule has 0 aliphatic rings. The molecule has 1 heteroatoms. The summed E-state index contributed by atoms with van der Waals surface area (Å²) in [5.74, 6) is 0.244. The second-order valence-corrected chi connectivity index (χ2v) is 1.77. The average molecular weight is 124 g/mol. The summed E-state index contributed by atoms with van der Waals surface area (Å²) in [6, 6.07) is 0. The van der Waals surface area contributed by atoms with Crippen LogP contribution in [0.3, 0.4) is 0 Å². The maximum atomic E-state index is 8.97. The fraction of sp³-hybridized carbons (Fsp3) is 0.250. The third kappa shape index (κ3) is 2.75. The smallest absolute Gasteiger partial charge is 0.117 e. The van der Waals surface area contributed by atoms with Gasteiger partial charge in [-0.1, -0.05) is 18.7 Å². The van der Waals surface area contributed by atoms with E-state index in [9.17, 15) is 0 Å². The zero-order valence-corrected chi connectivity index (χ0v) is 5.89. The van der Waals surface area contributed by atoms with Crippen LogP contribution in [0.5, 0.6) is 0 Å². The quantitative estimate of drug-likeness (QED) is 0.443. The Morgan fingerprint density at radius 2 is 2.11 bits per heavy atom. The van der Waals surface area contributed by atoms with Crippen LogP contribution in [-0.2, 0) is 0 Å². The molecule has 0 saturated carbocycles. The molecule has 0 spiro atoms. The Kier molecular flexibility index (Phi) is 3.52. The van der Waals surface area contributed by atoms with Gasteiger partial charge in [-0.2, -0.15) is 0 Å². The Hall–Kier alpha value is -0.980. The van der Waals surface area contributed by atoms with E-state index in [4.69, 9.17) is 5.11 Å². The van der Waals surface area contributed by atoms with E-state index in [1.54, 1.807) is 0 Å².